The quantitative estimate of drug-likeness (QED) is 0.805. The van der Waals surface area contributed by atoms with Crippen LogP contribution in [0.15, 0.2) is 23.1 Å². The highest BCUT2D eigenvalue weighted by molar-refractivity contribution is 7.89. The fraction of sp³-hybridized carbons (Fsp3) is 0.500. The van der Waals surface area contributed by atoms with Crippen molar-refractivity contribution in [3.05, 3.63) is 23.8 Å². The molecule has 0 spiro atoms. The van der Waals surface area contributed by atoms with E-state index in [2.05, 4.69) is 4.72 Å². The van der Waals surface area contributed by atoms with Crippen LogP contribution in [0.1, 0.15) is 19.4 Å². The molecule has 1 aromatic rings. The first-order valence-corrected chi connectivity index (χ1v) is 7.28. The van der Waals surface area contributed by atoms with Crippen molar-refractivity contribution in [1.82, 2.24) is 4.72 Å². The number of benzene rings is 1. The summed E-state index contributed by atoms with van der Waals surface area (Å²) in [5, 5.41) is 0. The fourth-order valence-corrected chi connectivity index (χ4v) is 3.10. The molecule has 0 aliphatic heterocycles. The van der Waals surface area contributed by atoms with Gasteiger partial charge in [0.05, 0.1) is 7.11 Å². The molecule has 5 nitrogen and oxygen atoms in total. The lowest BCUT2D eigenvalue weighted by atomic mass is 10.1. The van der Waals surface area contributed by atoms with Crippen LogP contribution in [0.5, 0.6) is 5.75 Å². The van der Waals surface area contributed by atoms with Gasteiger partial charge in [-0.15, -0.1) is 0 Å². The first-order chi connectivity index (χ1) is 8.40. The second-order valence-electron chi connectivity index (χ2n) is 4.30. The van der Waals surface area contributed by atoms with Crippen molar-refractivity contribution in [2.24, 2.45) is 5.73 Å². The molecule has 1 rings (SSSR count). The minimum atomic E-state index is -3.56. The van der Waals surface area contributed by atoms with E-state index in [9.17, 15) is 8.42 Å². The molecule has 0 amide bonds. The van der Waals surface area contributed by atoms with Gasteiger partial charge in [-0.1, -0.05) is 6.07 Å². The number of hydrogen-bond acceptors (Lipinski definition) is 4. The van der Waals surface area contributed by atoms with E-state index in [1.807, 2.05) is 6.07 Å². The largest absolute Gasteiger partial charge is 0.495 e. The monoisotopic (exact) mass is 272 g/mol. The maximum absolute atomic E-state index is 12.2. The molecule has 0 aromatic heterocycles. The summed E-state index contributed by atoms with van der Waals surface area (Å²) in [6, 6.07) is 4.91. The Kier molecular flexibility index (Phi) is 5.13. The number of ether oxygens (including phenoxy) is 1. The van der Waals surface area contributed by atoms with E-state index in [4.69, 9.17) is 10.5 Å². The topological polar surface area (TPSA) is 81.4 Å². The lowest BCUT2D eigenvalue weighted by molar-refractivity contribution is 0.402. The summed E-state index contributed by atoms with van der Waals surface area (Å²) in [5.41, 5.74) is 6.35. The van der Waals surface area contributed by atoms with Crippen LogP contribution in [0, 0.1) is 0 Å². The van der Waals surface area contributed by atoms with Gasteiger partial charge >= 0.3 is 0 Å². The van der Waals surface area contributed by atoms with Crippen LogP contribution in [0.25, 0.3) is 0 Å². The smallest absolute Gasteiger partial charge is 0.244 e. The molecule has 1 aromatic carbocycles. The molecule has 0 unspecified atom stereocenters. The summed E-state index contributed by atoms with van der Waals surface area (Å²) in [6.07, 6.45) is 0.633. The van der Waals surface area contributed by atoms with Crippen LogP contribution in [-0.4, -0.2) is 28.1 Å². The maximum Gasteiger partial charge on any atom is 0.244 e. The van der Waals surface area contributed by atoms with E-state index in [0.29, 0.717) is 18.7 Å². The molecule has 0 aliphatic carbocycles. The van der Waals surface area contributed by atoms with Crippen molar-refractivity contribution in [2.75, 3.05) is 13.7 Å². The van der Waals surface area contributed by atoms with Crippen molar-refractivity contribution < 1.29 is 13.2 Å². The van der Waals surface area contributed by atoms with E-state index < -0.39 is 10.0 Å². The molecule has 0 bridgehead atoms. The third-order valence-electron chi connectivity index (χ3n) is 2.34. The van der Waals surface area contributed by atoms with E-state index in [0.717, 1.165) is 5.56 Å². The predicted molar refractivity (Wildman–Crippen MR) is 71.2 cm³/mol. The third-order valence-corrected chi connectivity index (χ3v) is 4.02. The molecule has 0 saturated heterocycles. The lowest BCUT2D eigenvalue weighted by Gasteiger charge is -2.14. The average Bonchev–Trinajstić information content (AvgIpc) is 2.27. The molecule has 3 N–H and O–H groups in total. The molecule has 0 aliphatic rings. The van der Waals surface area contributed by atoms with Gasteiger partial charge in [0, 0.05) is 6.04 Å². The fourth-order valence-electron chi connectivity index (χ4n) is 1.63. The number of hydrogen-bond donors (Lipinski definition) is 2. The van der Waals surface area contributed by atoms with Crippen molar-refractivity contribution in [3.8, 4) is 5.75 Å². The molecule has 18 heavy (non-hydrogen) atoms. The van der Waals surface area contributed by atoms with E-state index in [1.165, 1.54) is 7.11 Å². The molecule has 0 fully saturated rings. The number of sulfonamides is 1. The van der Waals surface area contributed by atoms with Gasteiger partial charge in [-0.25, -0.2) is 13.1 Å². The molecule has 0 saturated carbocycles. The number of rotatable bonds is 6. The van der Waals surface area contributed by atoms with Crippen molar-refractivity contribution in [1.29, 1.82) is 0 Å². The molecule has 6 heteroatoms. The standard InChI is InChI=1S/C12H20N2O3S/c1-9(2)14-18(15,16)12-8-10(6-7-13)4-5-11(12)17-3/h4-5,8-9,14H,6-7,13H2,1-3H3. The summed E-state index contributed by atoms with van der Waals surface area (Å²) in [6.45, 7) is 4.02. The Morgan fingerprint density at radius 2 is 2.06 bits per heavy atom. The number of nitrogens with one attached hydrogen (secondary N) is 1. The number of nitrogens with two attached hydrogens (primary N) is 1. The minimum Gasteiger partial charge on any atom is -0.495 e. The summed E-state index contributed by atoms with van der Waals surface area (Å²) < 4.78 is 31.9. The lowest BCUT2D eigenvalue weighted by Crippen LogP contribution is -2.30. The zero-order chi connectivity index (χ0) is 13.8. The van der Waals surface area contributed by atoms with E-state index >= 15 is 0 Å². The molecule has 0 heterocycles. The van der Waals surface area contributed by atoms with Crippen LogP contribution in [0.3, 0.4) is 0 Å². The molecule has 0 atom stereocenters. The molecule has 102 valence electrons. The maximum atomic E-state index is 12.2. The Labute approximate surface area is 108 Å². The van der Waals surface area contributed by atoms with Crippen molar-refractivity contribution >= 4 is 10.0 Å². The Morgan fingerprint density at radius 3 is 2.56 bits per heavy atom. The second-order valence-corrected chi connectivity index (χ2v) is 5.98. The third kappa shape index (κ3) is 3.69. The Hall–Kier alpha value is -1.11. The Balaban J connectivity index is 3.23. The van der Waals surface area contributed by atoms with Gasteiger partial charge in [0.1, 0.15) is 10.6 Å². The van der Waals surface area contributed by atoms with Crippen LogP contribution in [-0.2, 0) is 16.4 Å². The zero-order valence-corrected chi connectivity index (χ0v) is 11.8. The highest BCUT2D eigenvalue weighted by Gasteiger charge is 2.20. The SMILES string of the molecule is COc1ccc(CCN)cc1S(=O)(=O)NC(C)C. The van der Waals surface area contributed by atoms with Gasteiger partial charge < -0.3 is 10.5 Å². The van der Waals surface area contributed by atoms with Crippen LogP contribution < -0.4 is 15.2 Å². The Bertz CT molecular complexity index is 498. The van der Waals surface area contributed by atoms with Crippen molar-refractivity contribution in [3.63, 3.8) is 0 Å². The van der Waals surface area contributed by atoms with Gasteiger partial charge in [0.25, 0.3) is 0 Å². The highest BCUT2D eigenvalue weighted by atomic mass is 32.2. The summed E-state index contributed by atoms with van der Waals surface area (Å²) in [7, 11) is -2.11. The van der Waals surface area contributed by atoms with Crippen LogP contribution >= 0.6 is 0 Å². The first kappa shape index (κ1) is 14.9. The van der Waals surface area contributed by atoms with Gasteiger partial charge in [-0.05, 0) is 44.5 Å². The first-order valence-electron chi connectivity index (χ1n) is 5.80. The Morgan fingerprint density at radius 1 is 1.39 bits per heavy atom. The van der Waals surface area contributed by atoms with Crippen molar-refractivity contribution in [2.45, 2.75) is 31.2 Å². The molecular weight excluding hydrogens is 252 g/mol. The van der Waals surface area contributed by atoms with Gasteiger partial charge in [-0.2, -0.15) is 0 Å². The van der Waals surface area contributed by atoms with Crippen LogP contribution in [0.2, 0.25) is 0 Å². The highest BCUT2D eigenvalue weighted by Crippen LogP contribution is 2.25. The summed E-state index contributed by atoms with van der Waals surface area (Å²) >= 11 is 0. The summed E-state index contributed by atoms with van der Waals surface area (Å²) in [5.74, 6) is 0.337. The van der Waals surface area contributed by atoms with E-state index in [1.54, 1.807) is 26.0 Å². The van der Waals surface area contributed by atoms with Gasteiger partial charge in [0.15, 0.2) is 0 Å². The molecule has 0 radical (unpaired) electrons. The van der Waals surface area contributed by atoms with Gasteiger partial charge in [-0.3, -0.25) is 0 Å². The van der Waals surface area contributed by atoms with Crippen LogP contribution in [0.4, 0.5) is 0 Å². The zero-order valence-electron chi connectivity index (χ0n) is 10.9. The normalized spacial score (nSPS) is 11.8. The predicted octanol–water partition coefficient (Wildman–Crippen LogP) is 0.883. The van der Waals surface area contributed by atoms with E-state index in [-0.39, 0.29) is 10.9 Å². The number of methoxy groups -OCH3 is 1. The second kappa shape index (κ2) is 6.17. The molecular formula is C12H20N2O3S. The minimum absolute atomic E-state index is 0.157. The average molecular weight is 272 g/mol. The van der Waals surface area contributed by atoms with Gasteiger partial charge in [0.2, 0.25) is 10.0 Å². The summed E-state index contributed by atoms with van der Waals surface area (Å²) in [4.78, 5) is 0.157.